The largest absolute Gasteiger partial charge is 0.328 e. The second kappa shape index (κ2) is 7.93. The minimum absolute atomic E-state index is 0.997. The fourth-order valence-electron chi connectivity index (χ4n) is 0.799. The van der Waals surface area contributed by atoms with E-state index in [2.05, 4.69) is 10.3 Å². The van der Waals surface area contributed by atoms with Crippen LogP contribution >= 0.6 is 0 Å². The molecule has 0 amide bonds. The Bertz CT molecular complexity index is 249. The molecule has 0 aromatic carbocycles. The molecule has 6 heteroatoms. The van der Waals surface area contributed by atoms with E-state index in [1.54, 1.807) is 0 Å². The Kier molecular flexibility index (Phi) is 6.98. The van der Waals surface area contributed by atoms with Gasteiger partial charge in [0.05, 0.1) is 0 Å². The molecule has 0 unspecified atom stereocenters. The van der Waals surface area contributed by atoms with Gasteiger partial charge in [-0.3, -0.25) is 4.98 Å². The summed E-state index contributed by atoms with van der Waals surface area (Å²) >= 11 is 0. The van der Waals surface area contributed by atoms with Crippen molar-refractivity contribution in [2.75, 3.05) is 13.6 Å². The lowest BCUT2D eigenvalue weighted by Crippen LogP contribution is -2.10. The van der Waals surface area contributed by atoms with E-state index in [9.17, 15) is 0 Å². The Morgan fingerprint density at radius 1 is 1.64 bits per heavy atom. The van der Waals surface area contributed by atoms with Gasteiger partial charge in [0.15, 0.2) is 0 Å². The predicted octanol–water partition coefficient (Wildman–Crippen LogP) is 0.496. The van der Waals surface area contributed by atoms with Gasteiger partial charge >= 0.3 is 0 Å². The van der Waals surface area contributed by atoms with E-state index in [0.29, 0.717) is 0 Å². The van der Waals surface area contributed by atoms with Crippen LogP contribution in [0.15, 0.2) is 24.4 Å². The third-order valence-electron chi connectivity index (χ3n) is 1.36. The van der Waals surface area contributed by atoms with E-state index in [1.807, 2.05) is 31.4 Å². The van der Waals surface area contributed by atoms with Crippen LogP contribution in [0.25, 0.3) is 0 Å². The van der Waals surface area contributed by atoms with Crippen LogP contribution in [0.4, 0.5) is 0 Å². The van der Waals surface area contributed by atoms with Crippen molar-refractivity contribution < 1.29 is 10.3 Å². The van der Waals surface area contributed by atoms with Crippen molar-refractivity contribution in [3.63, 3.8) is 0 Å². The average molecular weight is 199 g/mol. The Hall–Kier alpha value is -1.69. The zero-order valence-electron chi connectivity index (χ0n) is 7.88. The highest BCUT2D eigenvalue weighted by atomic mass is 16.9. The van der Waals surface area contributed by atoms with Gasteiger partial charge in [-0.25, -0.2) is 0 Å². The quantitative estimate of drug-likeness (QED) is 0.546. The minimum Gasteiger partial charge on any atom is -0.328 e. The number of pyridine rings is 1. The first kappa shape index (κ1) is 12.3. The molecule has 2 N–H and O–H groups in total. The van der Waals surface area contributed by atoms with E-state index < -0.39 is 5.09 Å². The number of rotatable bonds is 3. The first-order chi connectivity index (χ1) is 6.66. The number of nitrogens with one attached hydrogen (secondary N) is 1. The molecule has 14 heavy (non-hydrogen) atoms. The zero-order chi connectivity index (χ0) is 10.8. The van der Waals surface area contributed by atoms with Crippen LogP contribution in [0.2, 0.25) is 0 Å². The van der Waals surface area contributed by atoms with Gasteiger partial charge in [0.2, 0.25) is 0 Å². The second-order valence-electron chi connectivity index (χ2n) is 2.41. The van der Waals surface area contributed by atoms with Crippen LogP contribution < -0.4 is 5.32 Å². The molecule has 0 fully saturated rings. The smallest absolute Gasteiger partial charge is 0.291 e. The number of likely N-dealkylation sites (N-methyl/N-ethyl adjacent to an activating group) is 1. The monoisotopic (exact) mass is 199 g/mol. The van der Waals surface area contributed by atoms with Crippen LogP contribution in [0.3, 0.4) is 0 Å². The molecule has 1 rings (SSSR count). The first-order valence-corrected chi connectivity index (χ1v) is 4.04. The molecule has 6 nitrogen and oxygen atoms in total. The maximum atomic E-state index is 8.36. The average Bonchev–Trinajstić information content (AvgIpc) is 2.15. The van der Waals surface area contributed by atoms with Crippen LogP contribution in [-0.2, 0) is 6.42 Å². The molecular formula is C8H13N3O3. The fourth-order valence-corrected chi connectivity index (χ4v) is 0.799. The van der Waals surface area contributed by atoms with Crippen LogP contribution in [0, 0.1) is 10.1 Å². The molecular weight excluding hydrogens is 186 g/mol. The van der Waals surface area contributed by atoms with Crippen LogP contribution in [0.5, 0.6) is 0 Å². The molecule has 0 aliphatic carbocycles. The molecule has 0 aliphatic heterocycles. The summed E-state index contributed by atoms with van der Waals surface area (Å²) in [6, 6.07) is 5.98. The van der Waals surface area contributed by atoms with Gasteiger partial charge in [-0.1, -0.05) is 6.07 Å². The van der Waals surface area contributed by atoms with Crippen molar-refractivity contribution in [2.24, 2.45) is 0 Å². The lowest BCUT2D eigenvalue weighted by atomic mass is 10.3. The molecule has 0 radical (unpaired) electrons. The molecule has 0 saturated carbocycles. The fraction of sp³-hybridized carbons (Fsp3) is 0.375. The van der Waals surface area contributed by atoms with Crippen molar-refractivity contribution in [1.82, 2.24) is 10.3 Å². The van der Waals surface area contributed by atoms with Crippen molar-refractivity contribution in [1.29, 1.82) is 0 Å². The maximum absolute atomic E-state index is 8.36. The van der Waals surface area contributed by atoms with Gasteiger partial charge in [-0.2, -0.15) is 0 Å². The highest BCUT2D eigenvalue weighted by Crippen LogP contribution is 1.92. The van der Waals surface area contributed by atoms with Crippen LogP contribution in [-0.4, -0.2) is 28.9 Å². The predicted molar refractivity (Wildman–Crippen MR) is 50.6 cm³/mol. The SMILES string of the molecule is CNCCc1ccccn1.O=[N+]([O-])O. The summed E-state index contributed by atoms with van der Waals surface area (Å²) in [5.41, 5.74) is 1.15. The third kappa shape index (κ3) is 8.41. The summed E-state index contributed by atoms with van der Waals surface area (Å²) < 4.78 is 0. The number of aromatic nitrogens is 1. The zero-order valence-corrected chi connectivity index (χ0v) is 7.88. The Balaban J connectivity index is 0.000000364. The minimum atomic E-state index is -1.50. The van der Waals surface area contributed by atoms with E-state index in [0.717, 1.165) is 18.7 Å². The van der Waals surface area contributed by atoms with E-state index in [1.165, 1.54) is 0 Å². The summed E-state index contributed by atoms with van der Waals surface area (Å²) in [6.45, 7) is 0.997. The van der Waals surface area contributed by atoms with Gasteiger partial charge < -0.3 is 10.5 Å². The van der Waals surface area contributed by atoms with E-state index in [-0.39, 0.29) is 0 Å². The van der Waals surface area contributed by atoms with Gasteiger partial charge in [0, 0.05) is 24.9 Å². The summed E-state index contributed by atoms with van der Waals surface area (Å²) in [7, 11) is 1.95. The van der Waals surface area contributed by atoms with Crippen molar-refractivity contribution >= 4 is 0 Å². The Labute approximate surface area is 81.7 Å². The van der Waals surface area contributed by atoms with Gasteiger partial charge in [0.25, 0.3) is 5.09 Å². The molecule has 1 heterocycles. The van der Waals surface area contributed by atoms with Gasteiger partial charge in [-0.15, -0.1) is 10.1 Å². The highest BCUT2D eigenvalue weighted by Gasteiger charge is 1.88. The summed E-state index contributed by atoms with van der Waals surface area (Å²) in [5.74, 6) is 0. The lowest BCUT2D eigenvalue weighted by Gasteiger charge is -1.96. The topological polar surface area (TPSA) is 88.3 Å². The number of hydrogen-bond acceptors (Lipinski definition) is 4. The van der Waals surface area contributed by atoms with E-state index >= 15 is 0 Å². The molecule has 1 aromatic rings. The Morgan fingerprint density at radius 2 is 2.29 bits per heavy atom. The molecule has 78 valence electrons. The van der Waals surface area contributed by atoms with Gasteiger partial charge in [0.1, 0.15) is 0 Å². The number of hydrogen-bond donors (Lipinski definition) is 2. The van der Waals surface area contributed by atoms with E-state index in [4.69, 9.17) is 15.3 Å². The molecule has 0 saturated heterocycles. The molecule has 0 bridgehead atoms. The van der Waals surface area contributed by atoms with Crippen LogP contribution in [0.1, 0.15) is 5.69 Å². The molecule has 0 aliphatic rings. The van der Waals surface area contributed by atoms with Crippen molar-refractivity contribution in [2.45, 2.75) is 6.42 Å². The summed E-state index contributed by atoms with van der Waals surface area (Å²) in [5, 5.41) is 16.7. The second-order valence-corrected chi connectivity index (χ2v) is 2.41. The first-order valence-electron chi connectivity index (χ1n) is 4.04. The maximum Gasteiger partial charge on any atom is 0.291 e. The summed E-state index contributed by atoms with van der Waals surface area (Å²) in [4.78, 5) is 12.5. The Morgan fingerprint density at radius 3 is 2.71 bits per heavy atom. The number of nitrogens with zero attached hydrogens (tertiary/aromatic N) is 2. The lowest BCUT2D eigenvalue weighted by molar-refractivity contribution is -0.742. The molecule has 0 atom stereocenters. The molecule has 1 aromatic heterocycles. The standard InChI is InChI=1S/C8H12N2.HNO3/c1-9-7-5-8-4-2-3-6-10-8;2-1(3)4/h2-4,6,9H,5,7H2,1H3;(H,2,3,4). The van der Waals surface area contributed by atoms with Crippen molar-refractivity contribution in [3.8, 4) is 0 Å². The summed E-state index contributed by atoms with van der Waals surface area (Å²) in [6.07, 6.45) is 2.84. The normalized spacial score (nSPS) is 8.64. The van der Waals surface area contributed by atoms with Crippen molar-refractivity contribution in [3.05, 3.63) is 40.2 Å². The molecule has 0 spiro atoms. The highest BCUT2D eigenvalue weighted by molar-refractivity contribution is 5.03. The third-order valence-corrected chi connectivity index (χ3v) is 1.36. The van der Waals surface area contributed by atoms with Gasteiger partial charge in [-0.05, 0) is 19.2 Å².